The molecule has 2 aromatic rings. The van der Waals surface area contributed by atoms with Crippen molar-refractivity contribution in [3.05, 3.63) is 23.5 Å². The Morgan fingerprint density at radius 3 is 3.22 bits per heavy atom. The third kappa shape index (κ3) is 2.28. The van der Waals surface area contributed by atoms with Gasteiger partial charge in [0, 0.05) is 24.3 Å². The van der Waals surface area contributed by atoms with E-state index in [0.717, 1.165) is 30.2 Å². The maximum atomic E-state index is 5.83. The summed E-state index contributed by atoms with van der Waals surface area (Å²) in [6.45, 7) is 1.91. The molecule has 2 N–H and O–H groups in total. The maximum Gasteiger partial charge on any atom is 0.193 e. The number of likely N-dealkylation sites (tertiary alicyclic amines) is 1. The minimum atomic E-state index is 0.244. The van der Waals surface area contributed by atoms with Crippen LogP contribution in [-0.2, 0) is 6.54 Å². The molecule has 1 atom stereocenters. The molecule has 4 nitrogen and oxygen atoms in total. The van der Waals surface area contributed by atoms with Crippen LogP contribution in [0.1, 0.15) is 25.0 Å². The SMILES string of the molecule is NC(=S)C1CCCCN1Cc1cn2ccsc2n1. The van der Waals surface area contributed by atoms with Crippen molar-refractivity contribution in [3.8, 4) is 0 Å². The third-order valence-electron chi connectivity index (χ3n) is 3.45. The lowest BCUT2D eigenvalue weighted by molar-refractivity contribution is 0.183. The molecule has 6 heteroatoms. The molecule has 3 rings (SSSR count). The summed E-state index contributed by atoms with van der Waals surface area (Å²) in [6.07, 6.45) is 7.66. The number of fused-ring (bicyclic) bond motifs is 1. The summed E-state index contributed by atoms with van der Waals surface area (Å²) in [7, 11) is 0. The van der Waals surface area contributed by atoms with E-state index in [0.29, 0.717) is 4.99 Å². The first-order chi connectivity index (χ1) is 8.74. The van der Waals surface area contributed by atoms with Gasteiger partial charge in [-0.05, 0) is 19.4 Å². The van der Waals surface area contributed by atoms with Crippen molar-refractivity contribution in [3.63, 3.8) is 0 Å². The monoisotopic (exact) mass is 280 g/mol. The molecule has 0 bridgehead atoms. The van der Waals surface area contributed by atoms with Gasteiger partial charge in [-0.3, -0.25) is 9.30 Å². The molecule has 2 aromatic heterocycles. The summed E-state index contributed by atoms with van der Waals surface area (Å²) in [4.78, 5) is 8.65. The van der Waals surface area contributed by atoms with Gasteiger partial charge in [0.25, 0.3) is 0 Å². The Morgan fingerprint density at radius 1 is 1.56 bits per heavy atom. The Kier molecular flexibility index (Phi) is 3.32. The lowest BCUT2D eigenvalue weighted by Crippen LogP contribution is -2.46. The molecule has 1 saturated heterocycles. The smallest absolute Gasteiger partial charge is 0.193 e. The van der Waals surface area contributed by atoms with Gasteiger partial charge < -0.3 is 5.73 Å². The quantitative estimate of drug-likeness (QED) is 0.874. The van der Waals surface area contributed by atoms with Gasteiger partial charge in [0.15, 0.2) is 4.96 Å². The first kappa shape index (κ1) is 12.1. The normalized spacial score (nSPS) is 21.4. The molecular formula is C12H16N4S2. The minimum Gasteiger partial charge on any atom is -0.392 e. The number of hydrogen-bond donors (Lipinski definition) is 1. The van der Waals surface area contributed by atoms with Crippen LogP contribution >= 0.6 is 23.6 Å². The number of thiocarbonyl (C=S) groups is 1. The first-order valence-electron chi connectivity index (χ1n) is 6.18. The van der Waals surface area contributed by atoms with Gasteiger partial charge in [-0.1, -0.05) is 18.6 Å². The number of hydrogen-bond acceptors (Lipinski definition) is 4. The zero-order valence-electron chi connectivity index (χ0n) is 10.1. The van der Waals surface area contributed by atoms with E-state index >= 15 is 0 Å². The number of piperidine rings is 1. The average Bonchev–Trinajstić information content (AvgIpc) is 2.90. The Morgan fingerprint density at radius 2 is 2.44 bits per heavy atom. The second-order valence-electron chi connectivity index (χ2n) is 4.71. The number of nitrogens with zero attached hydrogens (tertiary/aromatic N) is 3. The fourth-order valence-electron chi connectivity index (χ4n) is 2.56. The second-order valence-corrected chi connectivity index (χ2v) is 6.05. The molecule has 0 saturated carbocycles. The van der Waals surface area contributed by atoms with Crippen molar-refractivity contribution in [1.82, 2.24) is 14.3 Å². The predicted octanol–water partition coefficient (Wildman–Crippen LogP) is 2.04. The van der Waals surface area contributed by atoms with E-state index < -0.39 is 0 Å². The van der Waals surface area contributed by atoms with E-state index in [-0.39, 0.29) is 6.04 Å². The number of imidazole rings is 1. The molecule has 1 aliphatic rings. The Labute approximate surface area is 115 Å². The number of thiazole rings is 1. The maximum absolute atomic E-state index is 5.83. The van der Waals surface area contributed by atoms with Crippen molar-refractivity contribution in [2.75, 3.05) is 6.54 Å². The van der Waals surface area contributed by atoms with Gasteiger partial charge in [-0.25, -0.2) is 4.98 Å². The third-order valence-corrected chi connectivity index (χ3v) is 4.49. The van der Waals surface area contributed by atoms with Crippen LogP contribution in [0.25, 0.3) is 4.96 Å². The van der Waals surface area contributed by atoms with E-state index in [2.05, 4.69) is 20.5 Å². The molecule has 0 amide bonds. The molecular weight excluding hydrogens is 264 g/mol. The lowest BCUT2D eigenvalue weighted by atomic mass is 10.0. The zero-order chi connectivity index (χ0) is 12.5. The number of rotatable bonds is 3. The van der Waals surface area contributed by atoms with Gasteiger partial charge in [0.1, 0.15) is 0 Å². The molecule has 0 aliphatic carbocycles. The lowest BCUT2D eigenvalue weighted by Gasteiger charge is -2.34. The topological polar surface area (TPSA) is 46.6 Å². The van der Waals surface area contributed by atoms with Gasteiger partial charge in [0.05, 0.1) is 16.7 Å². The van der Waals surface area contributed by atoms with Crippen molar-refractivity contribution >= 4 is 33.5 Å². The second kappa shape index (κ2) is 4.95. The molecule has 96 valence electrons. The fourth-order valence-corrected chi connectivity index (χ4v) is 3.55. The predicted molar refractivity (Wildman–Crippen MR) is 77.9 cm³/mol. The van der Waals surface area contributed by atoms with Crippen LogP contribution in [0.5, 0.6) is 0 Å². The fraction of sp³-hybridized carbons (Fsp3) is 0.500. The highest BCUT2D eigenvalue weighted by atomic mass is 32.1. The van der Waals surface area contributed by atoms with E-state index in [1.54, 1.807) is 11.3 Å². The van der Waals surface area contributed by atoms with Gasteiger partial charge >= 0.3 is 0 Å². The Balaban J connectivity index is 1.77. The van der Waals surface area contributed by atoms with Crippen LogP contribution in [0, 0.1) is 0 Å². The molecule has 1 unspecified atom stereocenters. The van der Waals surface area contributed by atoms with Gasteiger partial charge in [0.2, 0.25) is 0 Å². The first-order valence-corrected chi connectivity index (χ1v) is 7.47. The average molecular weight is 280 g/mol. The van der Waals surface area contributed by atoms with Crippen molar-refractivity contribution in [2.24, 2.45) is 5.73 Å². The van der Waals surface area contributed by atoms with Crippen molar-refractivity contribution in [1.29, 1.82) is 0 Å². The van der Waals surface area contributed by atoms with E-state index in [9.17, 15) is 0 Å². The Bertz CT molecular complexity index is 531. The van der Waals surface area contributed by atoms with Crippen molar-refractivity contribution in [2.45, 2.75) is 31.8 Å². The van der Waals surface area contributed by atoms with Crippen LogP contribution in [-0.4, -0.2) is 31.9 Å². The van der Waals surface area contributed by atoms with Crippen LogP contribution in [0.4, 0.5) is 0 Å². The van der Waals surface area contributed by atoms with Crippen LogP contribution in [0.15, 0.2) is 17.8 Å². The highest BCUT2D eigenvalue weighted by molar-refractivity contribution is 7.80. The summed E-state index contributed by atoms with van der Waals surface area (Å²) in [5, 5.41) is 2.05. The van der Waals surface area contributed by atoms with Crippen LogP contribution in [0.2, 0.25) is 0 Å². The van der Waals surface area contributed by atoms with Gasteiger partial charge in [-0.2, -0.15) is 0 Å². The zero-order valence-corrected chi connectivity index (χ0v) is 11.7. The minimum absolute atomic E-state index is 0.244. The van der Waals surface area contributed by atoms with E-state index in [1.807, 2.05) is 11.6 Å². The van der Waals surface area contributed by atoms with Crippen LogP contribution in [0.3, 0.4) is 0 Å². The molecule has 0 aromatic carbocycles. The van der Waals surface area contributed by atoms with E-state index in [4.69, 9.17) is 18.0 Å². The molecule has 18 heavy (non-hydrogen) atoms. The molecule has 3 heterocycles. The molecule has 0 radical (unpaired) electrons. The summed E-state index contributed by atoms with van der Waals surface area (Å²) >= 11 is 6.83. The van der Waals surface area contributed by atoms with E-state index in [1.165, 1.54) is 12.8 Å². The van der Waals surface area contributed by atoms with Crippen LogP contribution < -0.4 is 5.73 Å². The summed E-state index contributed by atoms with van der Waals surface area (Å²) in [5.41, 5.74) is 6.93. The molecule has 1 aliphatic heterocycles. The largest absolute Gasteiger partial charge is 0.392 e. The Hall–Kier alpha value is -0.980. The summed E-state index contributed by atoms with van der Waals surface area (Å²) in [5.74, 6) is 0. The molecule has 1 fully saturated rings. The highest BCUT2D eigenvalue weighted by Crippen LogP contribution is 2.20. The number of aromatic nitrogens is 2. The van der Waals surface area contributed by atoms with Crippen molar-refractivity contribution < 1.29 is 0 Å². The standard InChI is InChI=1S/C12H16N4S2/c13-11(17)10-3-1-2-4-15(10)7-9-8-16-5-6-18-12(16)14-9/h5-6,8,10H,1-4,7H2,(H2,13,17). The highest BCUT2D eigenvalue weighted by Gasteiger charge is 2.25. The van der Waals surface area contributed by atoms with Gasteiger partial charge in [-0.15, -0.1) is 11.3 Å². The summed E-state index contributed by atoms with van der Waals surface area (Å²) in [6, 6.07) is 0.244. The molecule has 0 spiro atoms. The summed E-state index contributed by atoms with van der Waals surface area (Å²) < 4.78 is 2.07. The number of nitrogens with two attached hydrogens (primary N) is 1.